The Labute approximate surface area is 108 Å². The average Bonchev–Trinajstić information content (AvgIpc) is 2.40. The molecule has 0 bridgehead atoms. The quantitative estimate of drug-likeness (QED) is 0.854. The van der Waals surface area contributed by atoms with Crippen molar-refractivity contribution in [3.63, 3.8) is 0 Å². The molecule has 1 fully saturated rings. The van der Waals surface area contributed by atoms with E-state index in [2.05, 4.69) is 22.5 Å². The minimum Gasteiger partial charge on any atom is -0.349 e. The highest BCUT2D eigenvalue weighted by Crippen LogP contribution is 2.29. The summed E-state index contributed by atoms with van der Waals surface area (Å²) in [6.45, 7) is 5.90. The van der Waals surface area contributed by atoms with Crippen molar-refractivity contribution in [3.8, 4) is 0 Å². The van der Waals surface area contributed by atoms with Crippen LogP contribution in [-0.4, -0.2) is 24.0 Å². The second-order valence-corrected chi connectivity index (χ2v) is 5.29. The Hall–Kier alpha value is -1.42. The normalized spacial score (nSPS) is 20.1. The van der Waals surface area contributed by atoms with E-state index in [1.807, 2.05) is 19.1 Å². The van der Waals surface area contributed by atoms with Crippen LogP contribution in [0.3, 0.4) is 0 Å². The van der Waals surface area contributed by atoms with Gasteiger partial charge in [0, 0.05) is 17.8 Å². The molecule has 0 unspecified atom stereocenters. The Bertz CT molecular complexity index is 399. The first-order valence-electron chi connectivity index (χ1n) is 6.53. The molecule has 2 N–H and O–H groups in total. The third-order valence-electron chi connectivity index (χ3n) is 3.79. The van der Waals surface area contributed by atoms with E-state index in [4.69, 9.17) is 0 Å². The van der Waals surface area contributed by atoms with Gasteiger partial charge in [-0.3, -0.25) is 9.78 Å². The van der Waals surface area contributed by atoms with Crippen LogP contribution in [0.5, 0.6) is 0 Å². The Balaban J connectivity index is 1.98. The fourth-order valence-corrected chi connectivity index (χ4v) is 2.29. The molecule has 1 aliphatic heterocycles. The van der Waals surface area contributed by atoms with Crippen molar-refractivity contribution in [1.29, 1.82) is 0 Å². The number of piperidine rings is 1. The lowest BCUT2D eigenvalue weighted by atomic mass is 9.80. The SMILES string of the molecule is C[C@@H](NC(=O)C1(C)CCNCC1)c1cccnc1. The van der Waals surface area contributed by atoms with Crippen molar-refractivity contribution in [2.24, 2.45) is 5.41 Å². The zero-order valence-corrected chi connectivity index (χ0v) is 11.1. The van der Waals surface area contributed by atoms with Crippen molar-refractivity contribution < 1.29 is 4.79 Å². The molecule has 1 aromatic heterocycles. The van der Waals surface area contributed by atoms with Crippen molar-refractivity contribution in [2.75, 3.05) is 13.1 Å². The summed E-state index contributed by atoms with van der Waals surface area (Å²) >= 11 is 0. The molecule has 98 valence electrons. The second-order valence-electron chi connectivity index (χ2n) is 5.29. The maximum absolute atomic E-state index is 12.3. The van der Waals surface area contributed by atoms with E-state index in [-0.39, 0.29) is 17.4 Å². The van der Waals surface area contributed by atoms with Gasteiger partial charge in [0.25, 0.3) is 0 Å². The second kappa shape index (κ2) is 5.48. The Morgan fingerprint density at radius 3 is 2.83 bits per heavy atom. The highest BCUT2D eigenvalue weighted by molar-refractivity contribution is 5.82. The lowest BCUT2D eigenvalue weighted by Crippen LogP contribution is -2.46. The molecule has 4 heteroatoms. The topological polar surface area (TPSA) is 54.0 Å². The molecule has 1 amide bonds. The summed E-state index contributed by atoms with van der Waals surface area (Å²) in [7, 11) is 0. The van der Waals surface area contributed by atoms with E-state index in [0.717, 1.165) is 31.5 Å². The van der Waals surface area contributed by atoms with Crippen LogP contribution in [0.4, 0.5) is 0 Å². The molecule has 2 rings (SSSR count). The highest BCUT2D eigenvalue weighted by Gasteiger charge is 2.35. The average molecular weight is 247 g/mol. The first kappa shape index (κ1) is 13.0. The summed E-state index contributed by atoms with van der Waals surface area (Å²) in [5.41, 5.74) is 0.810. The summed E-state index contributed by atoms with van der Waals surface area (Å²) in [5, 5.41) is 6.39. The van der Waals surface area contributed by atoms with Gasteiger partial charge in [-0.25, -0.2) is 0 Å². The molecular weight excluding hydrogens is 226 g/mol. The van der Waals surface area contributed by atoms with Crippen LogP contribution in [0, 0.1) is 5.41 Å². The molecule has 18 heavy (non-hydrogen) atoms. The van der Waals surface area contributed by atoms with E-state index in [0.29, 0.717) is 0 Å². The molecule has 2 heterocycles. The van der Waals surface area contributed by atoms with Crippen LogP contribution >= 0.6 is 0 Å². The highest BCUT2D eigenvalue weighted by atomic mass is 16.2. The van der Waals surface area contributed by atoms with E-state index >= 15 is 0 Å². The van der Waals surface area contributed by atoms with Crippen molar-refractivity contribution >= 4 is 5.91 Å². The number of carbonyl (C=O) groups excluding carboxylic acids is 1. The Kier molecular flexibility index (Phi) is 3.97. The van der Waals surface area contributed by atoms with Gasteiger partial charge in [-0.05, 0) is 44.5 Å². The van der Waals surface area contributed by atoms with Crippen LogP contribution in [0.25, 0.3) is 0 Å². The van der Waals surface area contributed by atoms with Crippen LogP contribution in [0.15, 0.2) is 24.5 Å². The van der Waals surface area contributed by atoms with Gasteiger partial charge in [-0.1, -0.05) is 13.0 Å². The summed E-state index contributed by atoms with van der Waals surface area (Å²) in [4.78, 5) is 16.4. The predicted molar refractivity (Wildman–Crippen MR) is 71.0 cm³/mol. The minimum atomic E-state index is -0.234. The summed E-state index contributed by atoms with van der Waals surface area (Å²) in [6, 6.07) is 3.89. The third kappa shape index (κ3) is 2.88. The fraction of sp³-hybridized carbons (Fsp3) is 0.571. The minimum absolute atomic E-state index is 0.0120. The molecule has 0 spiro atoms. The molecule has 1 saturated heterocycles. The number of nitrogens with zero attached hydrogens (tertiary/aromatic N) is 1. The third-order valence-corrected chi connectivity index (χ3v) is 3.79. The summed E-state index contributed by atoms with van der Waals surface area (Å²) in [5.74, 6) is 0.153. The Morgan fingerprint density at radius 2 is 2.22 bits per heavy atom. The van der Waals surface area contributed by atoms with E-state index in [1.54, 1.807) is 12.4 Å². The molecule has 0 saturated carbocycles. The number of pyridine rings is 1. The maximum Gasteiger partial charge on any atom is 0.226 e. The van der Waals surface area contributed by atoms with Gasteiger partial charge in [0.05, 0.1) is 6.04 Å². The van der Waals surface area contributed by atoms with Gasteiger partial charge >= 0.3 is 0 Å². The molecule has 0 aromatic carbocycles. The number of nitrogens with one attached hydrogen (secondary N) is 2. The molecular formula is C14H21N3O. The van der Waals surface area contributed by atoms with Gasteiger partial charge in [-0.15, -0.1) is 0 Å². The first-order valence-corrected chi connectivity index (χ1v) is 6.53. The van der Waals surface area contributed by atoms with Gasteiger partial charge < -0.3 is 10.6 Å². The van der Waals surface area contributed by atoms with Crippen LogP contribution in [0.1, 0.15) is 38.3 Å². The number of carbonyl (C=O) groups is 1. The number of hydrogen-bond donors (Lipinski definition) is 2. The van der Waals surface area contributed by atoms with E-state index in [1.165, 1.54) is 0 Å². The first-order chi connectivity index (χ1) is 8.62. The number of rotatable bonds is 3. The van der Waals surface area contributed by atoms with Crippen LogP contribution in [-0.2, 0) is 4.79 Å². The van der Waals surface area contributed by atoms with E-state index in [9.17, 15) is 4.79 Å². The fourth-order valence-electron chi connectivity index (χ4n) is 2.29. The number of aromatic nitrogens is 1. The van der Waals surface area contributed by atoms with E-state index < -0.39 is 0 Å². The number of amides is 1. The predicted octanol–water partition coefficient (Wildman–Crippen LogP) is 1.65. The molecule has 0 radical (unpaired) electrons. The van der Waals surface area contributed by atoms with Gasteiger partial charge in [0.2, 0.25) is 5.91 Å². The lowest BCUT2D eigenvalue weighted by molar-refractivity contribution is -0.132. The standard InChI is InChI=1S/C14H21N3O/c1-11(12-4-3-7-16-10-12)17-13(18)14(2)5-8-15-9-6-14/h3-4,7,10-11,15H,5-6,8-9H2,1-2H3,(H,17,18)/t11-/m1/s1. The lowest BCUT2D eigenvalue weighted by Gasteiger charge is -2.33. The summed E-state index contributed by atoms with van der Waals surface area (Å²) in [6.07, 6.45) is 5.35. The van der Waals surface area contributed by atoms with Crippen LogP contribution < -0.4 is 10.6 Å². The smallest absolute Gasteiger partial charge is 0.226 e. The van der Waals surface area contributed by atoms with Crippen molar-refractivity contribution in [2.45, 2.75) is 32.7 Å². The van der Waals surface area contributed by atoms with Gasteiger partial charge in [-0.2, -0.15) is 0 Å². The number of hydrogen-bond acceptors (Lipinski definition) is 3. The maximum atomic E-state index is 12.3. The monoisotopic (exact) mass is 247 g/mol. The zero-order valence-electron chi connectivity index (χ0n) is 11.1. The molecule has 1 atom stereocenters. The molecule has 1 aliphatic rings. The van der Waals surface area contributed by atoms with Gasteiger partial charge in [0.15, 0.2) is 0 Å². The van der Waals surface area contributed by atoms with Crippen LogP contribution in [0.2, 0.25) is 0 Å². The zero-order chi connectivity index (χ0) is 13.0. The largest absolute Gasteiger partial charge is 0.349 e. The molecule has 4 nitrogen and oxygen atoms in total. The van der Waals surface area contributed by atoms with Gasteiger partial charge in [0.1, 0.15) is 0 Å². The van der Waals surface area contributed by atoms with Crippen molar-refractivity contribution in [3.05, 3.63) is 30.1 Å². The van der Waals surface area contributed by atoms with Crippen molar-refractivity contribution in [1.82, 2.24) is 15.6 Å². The molecule has 1 aromatic rings. The summed E-state index contributed by atoms with van der Waals surface area (Å²) < 4.78 is 0. The molecule has 0 aliphatic carbocycles. The Morgan fingerprint density at radius 1 is 1.50 bits per heavy atom.